The molecule has 0 spiro atoms. The number of anilines is 2. The van der Waals surface area contributed by atoms with Gasteiger partial charge in [-0.1, -0.05) is 76.8 Å². The maximum atomic E-state index is 15.5. The third-order valence-electron chi connectivity index (χ3n) is 12.5. The van der Waals surface area contributed by atoms with Crippen molar-refractivity contribution in [2.75, 3.05) is 17.4 Å². The number of hydrazine groups is 1. The van der Waals surface area contributed by atoms with Crippen molar-refractivity contribution in [1.82, 2.24) is 9.99 Å². The van der Waals surface area contributed by atoms with Gasteiger partial charge in [-0.25, -0.2) is 4.98 Å². The minimum Gasteiger partial charge on any atom is -0.508 e. The molecule has 11 nitrogen and oxygen atoms in total. The molecule has 6 atom stereocenters. The maximum absolute atomic E-state index is 15.5. The van der Waals surface area contributed by atoms with E-state index < -0.39 is 52.7 Å². The van der Waals surface area contributed by atoms with Crippen LogP contribution in [0, 0.1) is 23.7 Å². The summed E-state index contributed by atoms with van der Waals surface area (Å²) in [6, 6.07) is 30.5. The maximum Gasteiger partial charge on any atom is 0.260 e. The van der Waals surface area contributed by atoms with Gasteiger partial charge in [-0.3, -0.25) is 29.5 Å². The first-order valence-electron chi connectivity index (χ1n) is 19.3. The van der Waals surface area contributed by atoms with Gasteiger partial charge in [-0.15, -0.1) is 0 Å². The zero-order chi connectivity index (χ0) is 41.6. The molecule has 1 saturated carbocycles. The standard InChI is InChI=1S/C46H33Cl3N4O7/c1-59-28-14-8-24(9-15-28)46-33(43(56)53(45(46)58)51-36-19-10-25(47)20-35(36)49)22-32-29(40(46)30-16-13-27(54)21-34(30)48)17-18-31-39(32)44(57)52(42(31)55)26-11-6-23(7-12-26)41-50-37-4-2-3-5-38(37)60-41/h2-17,19-21,31-33,39-40,51,54H,18,22H2,1H3/t31-,32+,33-,39-,40+,46+/m0/s1. The number of methoxy groups -OCH3 is 1. The van der Waals surface area contributed by atoms with Gasteiger partial charge in [-0.05, 0) is 109 Å². The summed E-state index contributed by atoms with van der Waals surface area (Å²) in [5.41, 5.74) is 5.76. The Labute approximate surface area is 358 Å². The summed E-state index contributed by atoms with van der Waals surface area (Å²) in [6.45, 7) is 0. The molecular weight excluding hydrogens is 827 g/mol. The molecule has 2 N–H and O–H groups in total. The van der Waals surface area contributed by atoms with E-state index in [9.17, 15) is 14.7 Å². The molecule has 4 amide bonds. The Balaban J connectivity index is 1.09. The van der Waals surface area contributed by atoms with Crippen molar-refractivity contribution in [3.63, 3.8) is 0 Å². The van der Waals surface area contributed by atoms with Crippen LogP contribution in [0.5, 0.6) is 11.5 Å². The molecule has 14 heteroatoms. The minimum absolute atomic E-state index is 0.0614. The van der Waals surface area contributed by atoms with Crippen LogP contribution in [0.15, 0.2) is 125 Å². The van der Waals surface area contributed by atoms with Crippen molar-refractivity contribution in [1.29, 1.82) is 0 Å². The van der Waals surface area contributed by atoms with Crippen LogP contribution in [0.1, 0.15) is 29.9 Å². The lowest BCUT2D eigenvalue weighted by Crippen LogP contribution is -2.53. The molecule has 10 rings (SSSR count). The number of halogens is 3. The molecule has 3 fully saturated rings. The highest BCUT2D eigenvalue weighted by atomic mass is 35.5. The van der Waals surface area contributed by atoms with Gasteiger partial charge in [0, 0.05) is 21.5 Å². The van der Waals surface area contributed by atoms with Gasteiger partial charge in [0.25, 0.3) is 11.8 Å². The number of fused-ring (bicyclic) bond motifs is 5. The number of hydrogen-bond acceptors (Lipinski definition) is 9. The predicted octanol–water partition coefficient (Wildman–Crippen LogP) is 9.36. The summed E-state index contributed by atoms with van der Waals surface area (Å²) >= 11 is 19.8. The van der Waals surface area contributed by atoms with Crippen molar-refractivity contribution >= 4 is 80.9 Å². The van der Waals surface area contributed by atoms with Gasteiger partial charge in [-0.2, -0.15) is 5.01 Å². The Morgan fingerprint density at radius 2 is 1.60 bits per heavy atom. The van der Waals surface area contributed by atoms with Crippen molar-refractivity contribution in [3.05, 3.63) is 147 Å². The van der Waals surface area contributed by atoms with Crippen LogP contribution in [-0.2, 0) is 24.6 Å². The highest BCUT2D eigenvalue weighted by Gasteiger charge is 2.70. The van der Waals surface area contributed by atoms with Crippen LogP contribution in [0.2, 0.25) is 15.1 Å². The second kappa shape index (κ2) is 14.3. The number of nitrogens with zero attached hydrogens (tertiary/aromatic N) is 3. The van der Waals surface area contributed by atoms with Crippen LogP contribution in [-0.4, -0.2) is 45.8 Å². The number of carbonyl (C=O) groups excluding carboxylic acids is 4. The lowest BCUT2D eigenvalue weighted by molar-refractivity contribution is -0.138. The number of phenols is 1. The topological polar surface area (TPSA) is 142 Å². The quantitative estimate of drug-likeness (QED) is 0.119. The Kier molecular flexibility index (Phi) is 9.05. The molecule has 0 radical (unpaired) electrons. The molecular formula is C46H33Cl3N4O7. The summed E-state index contributed by atoms with van der Waals surface area (Å²) in [5.74, 6) is -5.21. The van der Waals surface area contributed by atoms with Crippen LogP contribution >= 0.6 is 34.8 Å². The first-order valence-corrected chi connectivity index (χ1v) is 20.4. The van der Waals surface area contributed by atoms with E-state index in [1.165, 1.54) is 30.2 Å². The number of phenolic OH excluding ortho intramolecular Hbond substituents is 1. The van der Waals surface area contributed by atoms with Crippen LogP contribution in [0.25, 0.3) is 22.6 Å². The molecule has 2 aliphatic carbocycles. The van der Waals surface area contributed by atoms with E-state index in [1.54, 1.807) is 66.7 Å². The van der Waals surface area contributed by atoms with Gasteiger partial charge in [0.15, 0.2) is 5.58 Å². The number of nitrogens with one attached hydrogen (secondary N) is 1. The van der Waals surface area contributed by atoms with E-state index in [-0.39, 0.29) is 40.2 Å². The van der Waals surface area contributed by atoms with Crippen molar-refractivity contribution in [2.24, 2.45) is 23.7 Å². The Hall–Kier alpha value is -6.14. The fraction of sp³-hybridized carbons (Fsp3) is 0.196. The zero-order valence-electron chi connectivity index (χ0n) is 31.6. The lowest BCUT2D eigenvalue weighted by Gasteiger charge is -2.50. The van der Waals surface area contributed by atoms with E-state index in [0.29, 0.717) is 55.7 Å². The first kappa shape index (κ1) is 38.1. The molecule has 300 valence electrons. The van der Waals surface area contributed by atoms with E-state index in [2.05, 4.69) is 10.4 Å². The summed E-state index contributed by atoms with van der Waals surface area (Å²) in [6.07, 6.45) is 2.21. The van der Waals surface area contributed by atoms with Gasteiger partial charge < -0.3 is 14.3 Å². The smallest absolute Gasteiger partial charge is 0.260 e. The number of carbonyl (C=O) groups is 4. The first-order chi connectivity index (χ1) is 29.0. The number of ether oxygens (including phenoxy) is 1. The number of imide groups is 2. The Bertz CT molecular complexity index is 2790. The number of aromatic hydroxyl groups is 1. The number of allylic oxidation sites excluding steroid dienone is 2. The average Bonchev–Trinajstić information content (AvgIpc) is 3.86. The van der Waals surface area contributed by atoms with Crippen LogP contribution in [0.4, 0.5) is 11.4 Å². The number of amides is 4. The third-order valence-corrected chi connectivity index (χ3v) is 13.4. The van der Waals surface area contributed by atoms with Crippen molar-refractivity contribution in [3.8, 4) is 23.0 Å². The molecule has 6 aromatic rings. The molecule has 2 saturated heterocycles. The highest BCUT2D eigenvalue weighted by molar-refractivity contribution is 6.36. The van der Waals surface area contributed by atoms with Crippen LogP contribution in [0.3, 0.4) is 0 Å². The van der Waals surface area contributed by atoms with Gasteiger partial charge >= 0.3 is 0 Å². The Morgan fingerprint density at radius 1 is 0.833 bits per heavy atom. The van der Waals surface area contributed by atoms with Gasteiger partial charge in [0.05, 0.1) is 46.7 Å². The van der Waals surface area contributed by atoms with Gasteiger partial charge in [0.2, 0.25) is 17.7 Å². The fourth-order valence-electron chi connectivity index (χ4n) is 9.94. The van der Waals surface area contributed by atoms with Crippen molar-refractivity contribution in [2.45, 2.75) is 24.2 Å². The number of para-hydroxylation sites is 2. The predicted molar refractivity (Wildman–Crippen MR) is 226 cm³/mol. The average molecular weight is 860 g/mol. The highest BCUT2D eigenvalue weighted by Crippen LogP contribution is 2.65. The lowest BCUT2D eigenvalue weighted by atomic mass is 9.49. The monoisotopic (exact) mass is 858 g/mol. The second-order valence-corrected chi connectivity index (χ2v) is 16.7. The number of aromatic nitrogens is 1. The summed E-state index contributed by atoms with van der Waals surface area (Å²) in [7, 11) is 1.53. The Morgan fingerprint density at radius 3 is 2.32 bits per heavy atom. The summed E-state index contributed by atoms with van der Waals surface area (Å²) in [5, 5.41) is 12.2. The SMILES string of the molecule is COc1ccc([C@@]23C(=O)N(Nc4ccc(Cl)cc4Cl)C(=O)[C@@H]2C[C@@H]2C(=CC[C@@H]4C(=O)N(c5ccc(-c6nc7ccccc7o6)cc5)C(=O)[C@@H]42)[C@@H]3c2ccc(O)cc2Cl)cc1. The molecule has 1 aromatic heterocycles. The molecule has 4 aliphatic rings. The van der Waals surface area contributed by atoms with E-state index in [0.717, 1.165) is 5.01 Å². The summed E-state index contributed by atoms with van der Waals surface area (Å²) in [4.78, 5) is 65.5. The molecule has 5 aromatic carbocycles. The third kappa shape index (κ3) is 5.67. The molecule has 60 heavy (non-hydrogen) atoms. The molecule has 0 unspecified atom stereocenters. The molecule has 0 bridgehead atoms. The number of hydrogen-bond donors (Lipinski definition) is 2. The number of rotatable bonds is 7. The fourth-order valence-corrected chi connectivity index (χ4v) is 10.7. The van der Waals surface area contributed by atoms with Crippen molar-refractivity contribution < 1.29 is 33.4 Å². The molecule has 3 heterocycles. The van der Waals surface area contributed by atoms with Gasteiger partial charge in [0.1, 0.15) is 17.0 Å². The normalized spacial score (nSPS) is 24.7. The number of oxazole rings is 1. The molecule has 2 aliphatic heterocycles. The minimum atomic E-state index is -1.61. The van der Waals surface area contributed by atoms with E-state index in [4.69, 9.17) is 44.0 Å². The largest absolute Gasteiger partial charge is 0.508 e. The van der Waals surface area contributed by atoms with Crippen LogP contribution < -0.4 is 15.1 Å². The zero-order valence-corrected chi connectivity index (χ0v) is 33.9. The second-order valence-electron chi connectivity index (χ2n) is 15.5. The van der Waals surface area contributed by atoms with E-state index in [1.807, 2.05) is 30.3 Å². The summed E-state index contributed by atoms with van der Waals surface area (Å²) < 4.78 is 11.4. The number of benzene rings is 5. The van der Waals surface area contributed by atoms with E-state index >= 15 is 9.59 Å².